The Morgan fingerprint density at radius 2 is 2.27 bits per heavy atom. The number of benzene rings is 1. The van der Waals surface area contributed by atoms with Crippen molar-refractivity contribution >= 4 is 32.8 Å². The summed E-state index contributed by atoms with van der Waals surface area (Å²) in [5.74, 6) is -0.761. The van der Waals surface area contributed by atoms with Crippen LogP contribution in [0.3, 0.4) is 0 Å². The van der Waals surface area contributed by atoms with Crippen LogP contribution in [-0.2, 0) is 11.2 Å². The van der Waals surface area contributed by atoms with E-state index in [1.54, 1.807) is 0 Å². The molecular weight excluding hydrogens is 258 g/mol. The SMILES string of the molecule is O=C(O)CCc1ccc2c(Br)c[nH]c2c1. The highest BCUT2D eigenvalue weighted by Gasteiger charge is 2.03. The van der Waals surface area contributed by atoms with E-state index in [2.05, 4.69) is 20.9 Å². The predicted molar refractivity (Wildman–Crippen MR) is 62.0 cm³/mol. The van der Waals surface area contributed by atoms with Crippen molar-refractivity contribution in [3.8, 4) is 0 Å². The van der Waals surface area contributed by atoms with Crippen LogP contribution in [0.4, 0.5) is 0 Å². The van der Waals surface area contributed by atoms with Gasteiger partial charge in [-0.05, 0) is 34.0 Å². The van der Waals surface area contributed by atoms with Gasteiger partial charge in [0, 0.05) is 28.0 Å². The van der Waals surface area contributed by atoms with Gasteiger partial charge in [-0.3, -0.25) is 4.79 Å². The van der Waals surface area contributed by atoms with Gasteiger partial charge in [-0.25, -0.2) is 0 Å². The lowest BCUT2D eigenvalue weighted by molar-refractivity contribution is -0.136. The molecule has 2 rings (SSSR count). The number of fused-ring (bicyclic) bond motifs is 1. The number of nitrogens with one attached hydrogen (secondary N) is 1. The molecule has 2 N–H and O–H groups in total. The summed E-state index contributed by atoms with van der Waals surface area (Å²) in [7, 11) is 0. The van der Waals surface area contributed by atoms with Gasteiger partial charge in [-0.15, -0.1) is 0 Å². The van der Waals surface area contributed by atoms with Gasteiger partial charge in [-0.1, -0.05) is 12.1 Å². The van der Waals surface area contributed by atoms with Crippen LogP contribution in [0.25, 0.3) is 10.9 Å². The summed E-state index contributed by atoms with van der Waals surface area (Å²) in [6, 6.07) is 5.94. The summed E-state index contributed by atoms with van der Waals surface area (Å²) in [5.41, 5.74) is 2.07. The third-order valence-corrected chi connectivity index (χ3v) is 2.98. The average molecular weight is 268 g/mol. The fraction of sp³-hybridized carbons (Fsp3) is 0.182. The summed E-state index contributed by atoms with van der Waals surface area (Å²) in [4.78, 5) is 13.5. The number of carboxylic acids is 1. The number of aliphatic carboxylic acids is 1. The summed E-state index contributed by atoms with van der Waals surface area (Å²) >= 11 is 3.43. The molecule has 0 aliphatic carbocycles. The van der Waals surface area contributed by atoms with Crippen LogP contribution in [0.1, 0.15) is 12.0 Å². The lowest BCUT2D eigenvalue weighted by Gasteiger charge is -1.99. The van der Waals surface area contributed by atoms with Crippen molar-refractivity contribution in [1.29, 1.82) is 0 Å². The molecule has 0 atom stereocenters. The topological polar surface area (TPSA) is 53.1 Å². The number of carboxylic acid groups (broad SMARTS) is 1. The monoisotopic (exact) mass is 267 g/mol. The summed E-state index contributed by atoms with van der Waals surface area (Å²) in [5, 5.41) is 9.70. The zero-order valence-electron chi connectivity index (χ0n) is 7.96. The molecule has 0 spiro atoms. The maximum atomic E-state index is 10.4. The molecule has 0 unspecified atom stereocenters. The van der Waals surface area contributed by atoms with E-state index in [1.807, 2.05) is 24.4 Å². The second-order valence-corrected chi connectivity index (χ2v) is 4.26. The van der Waals surface area contributed by atoms with Gasteiger partial charge in [0.2, 0.25) is 0 Å². The first-order valence-corrected chi connectivity index (χ1v) is 5.43. The van der Waals surface area contributed by atoms with Gasteiger partial charge in [0.15, 0.2) is 0 Å². The van der Waals surface area contributed by atoms with Crippen molar-refractivity contribution in [3.05, 3.63) is 34.4 Å². The molecule has 1 aromatic heterocycles. The van der Waals surface area contributed by atoms with Crippen molar-refractivity contribution in [2.45, 2.75) is 12.8 Å². The van der Waals surface area contributed by atoms with Gasteiger partial charge in [0.25, 0.3) is 0 Å². The quantitative estimate of drug-likeness (QED) is 0.899. The molecule has 0 amide bonds. The predicted octanol–water partition coefficient (Wildman–Crippen LogP) is 2.95. The van der Waals surface area contributed by atoms with Crippen molar-refractivity contribution < 1.29 is 9.90 Å². The number of rotatable bonds is 3. The van der Waals surface area contributed by atoms with Gasteiger partial charge < -0.3 is 10.1 Å². The number of carbonyl (C=O) groups is 1. The fourth-order valence-electron chi connectivity index (χ4n) is 1.54. The maximum absolute atomic E-state index is 10.4. The standard InChI is InChI=1S/C11H10BrNO2/c12-9-6-13-10-5-7(1-3-8(9)10)2-4-11(14)15/h1,3,5-6,13H,2,4H2,(H,14,15). The Hall–Kier alpha value is -1.29. The van der Waals surface area contributed by atoms with Crippen LogP contribution < -0.4 is 0 Å². The van der Waals surface area contributed by atoms with E-state index >= 15 is 0 Å². The van der Waals surface area contributed by atoms with Crippen LogP contribution in [0.5, 0.6) is 0 Å². The lowest BCUT2D eigenvalue weighted by Crippen LogP contribution is -1.97. The van der Waals surface area contributed by atoms with E-state index in [4.69, 9.17) is 5.11 Å². The minimum atomic E-state index is -0.761. The zero-order chi connectivity index (χ0) is 10.8. The molecule has 0 saturated heterocycles. The van der Waals surface area contributed by atoms with E-state index in [0.29, 0.717) is 6.42 Å². The number of aryl methyl sites for hydroxylation is 1. The van der Waals surface area contributed by atoms with Crippen LogP contribution in [-0.4, -0.2) is 16.1 Å². The molecule has 1 aromatic carbocycles. The van der Waals surface area contributed by atoms with E-state index < -0.39 is 5.97 Å². The Labute approximate surface area is 95.2 Å². The van der Waals surface area contributed by atoms with E-state index in [1.165, 1.54) is 0 Å². The molecule has 0 aliphatic heterocycles. The van der Waals surface area contributed by atoms with Crippen molar-refractivity contribution in [3.63, 3.8) is 0 Å². The number of H-pyrrole nitrogens is 1. The van der Waals surface area contributed by atoms with Crippen LogP contribution >= 0.6 is 15.9 Å². The van der Waals surface area contributed by atoms with Crippen LogP contribution in [0.15, 0.2) is 28.9 Å². The first kappa shape index (κ1) is 10.2. The Kier molecular flexibility index (Phi) is 2.77. The highest BCUT2D eigenvalue weighted by Crippen LogP contribution is 2.24. The van der Waals surface area contributed by atoms with Crippen LogP contribution in [0.2, 0.25) is 0 Å². The first-order valence-electron chi connectivity index (χ1n) is 4.64. The Morgan fingerprint density at radius 3 is 3.00 bits per heavy atom. The molecule has 4 heteroatoms. The molecular formula is C11H10BrNO2. The Balaban J connectivity index is 2.27. The molecule has 1 heterocycles. The number of aromatic nitrogens is 1. The molecule has 0 bridgehead atoms. The third kappa shape index (κ3) is 2.21. The third-order valence-electron chi connectivity index (χ3n) is 2.32. The zero-order valence-corrected chi connectivity index (χ0v) is 9.54. The largest absolute Gasteiger partial charge is 0.481 e. The molecule has 0 aliphatic rings. The minimum Gasteiger partial charge on any atom is -0.481 e. The van der Waals surface area contributed by atoms with Crippen molar-refractivity contribution in [2.75, 3.05) is 0 Å². The molecule has 15 heavy (non-hydrogen) atoms. The molecule has 0 fully saturated rings. The molecule has 0 radical (unpaired) electrons. The highest BCUT2D eigenvalue weighted by atomic mass is 79.9. The van der Waals surface area contributed by atoms with Crippen LogP contribution in [0, 0.1) is 0 Å². The van der Waals surface area contributed by atoms with Gasteiger partial charge in [0.05, 0.1) is 0 Å². The van der Waals surface area contributed by atoms with E-state index in [9.17, 15) is 4.79 Å². The van der Waals surface area contributed by atoms with E-state index in [0.717, 1.165) is 20.9 Å². The smallest absolute Gasteiger partial charge is 0.303 e. The number of halogens is 1. The molecule has 3 nitrogen and oxygen atoms in total. The lowest BCUT2D eigenvalue weighted by atomic mass is 10.1. The highest BCUT2D eigenvalue weighted by molar-refractivity contribution is 9.10. The van der Waals surface area contributed by atoms with Gasteiger partial charge in [-0.2, -0.15) is 0 Å². The van der Waals surface area contributed by atoms with Crippen molar-refractivity contribution in [1.82, 2.24) is 4.98 Å². The summed E-state index contributed by atoms with van der Waals surface area (Å²) in [6.07, 6.45) is 2.63. The Morgan fingerprint density at radius 1 is 1.47 bits per heavy atom. The first-order chi connectivity index (χ1) is 7.16. The Bertz CT molecular complexity index is 504. The van der Waals surface area contributed by atoms with Gasteiger partial charge in [0.1, 0.15) is 0 Å². The molecule has 2 aromatic rings. The maximum Gasteiger partial charge on any atom is 0.303 e. The fourth-order valence-corrected chi connectivity index (χ4v) is 2.00. The summed E-state index contributed by atoms with van der Waals surface area (Å²) < 4.78 is 1.03. The number of aromatic amines is 1. The minimum absolute atomic E-state index is 0.174. The normalized spacial score (nSPS) is 10.7. The number of hydrogen-bond acceptors (Lipinski definition) is 1. The second kappa shape index (κ2) is 4.06. The van der Waals surface area contributed by atoms with E-state index in [-0.39, 0.29) is 6.42 Å². The summed E-state index contributed by atoms with van der Waals surface area (Å²) in [6.45, 7) is 0. The molecule has 78 valence electrons. The number of hydrogen-bond donors (Lipinski definition) is 2. The van der Waals surface area contributed by atoms with Crippen molar-refractivity contribution in [2.24, 2.45) is 0 Å². The second-order valence-electron chi connectivity index (χ2n) is 3.41. The molecule has 0 saturated carbocycles. The average Bonchev–Trinajstić information content (AvgIpc) is 2.57. The van der Waals surface area contributed by atoms with Gasteiger partial charge >= 0.3 is 5.97 Å².